The third-order valence-electron chi connectivity index (χ3n) is 1.78. The first-order chi connectivity index (χ1) is 6.66. The fraction of sp³-hybridized carbons (Fsp3) is 0.222. The van der Waals surface area contributed by atoms with Crippen LogP contribution < -0.4 is 4.74 Å². The van der Waals surface area contributed by atoms with E-state index >= 15 is 0 Å². The Balaban J connectivity index is 2.46. The number of aryl methyl sites for hydroxylation is 1. The summed E-state index contributed by atoms with van der Waals surface area (Å²) >= 11 is 0. The zero-order valence-electron chi connectivity index (χ0n) is 7.33. The predicted octanol–water partition coefficient (Wildman–Crippen LogP) is 2.74. The molecule has 74 valence electrons. The lowest BCUT2D eigenvalue weighted by Gasteiger charge is -1.95. The monoisotopic (exact) mass is 199 g/mol. The van der Waals surface area contributed by atoms with Crippen LogP contribution in [0.2, 0.25) is 0 Å². The van der Waals surface area contributed by atoms with Crippen molar-refractivity contribution in [2.45, 2.75) is 13.5 Å². The highest BCUT2D eigenvalue weighted by Gasteiger charge is 2.12. The molecule has 1 aromatic heterocycles. The highest BCUT2D eigenvalue weighted by molar-refractivity contribution is 5.76. The Bertz CT molecular complexity index is 453. The molecule has 14 heavy (non-hydrogen) atoms. The van der Waals surface area contributed by atoms with Gasteiger partial charge in [0.2, 0.25) is 0 Å². The lowest BCUT2D eigenvalue weighted by atomic mass is 10.2. The van der Waals surface area contributed by atoms with E-state index in [0.717, 1.165) is 5.56 Å². The minimum absolute atomic E-state index is 0.399. The number of rotatable bonds is 2. The van der Waals surface area contributed by atoms with Crippen LogP contribution in [0.1, 0.15) is 5.56 Å². The minimum Gasteiger partial charge on any atom is -0.409 e. The number of aromatic nitrogens is 1. The van der Waals surface area contributed by atoms with E-state index in [1.54, 1.807) is 25.1 Å². The van der Waals surface area contributed by atoms with Gasteiger partial charge in [0.1, 0.15) is 5.52 Å². The van der Waals surface area contributed by atoms with Crippen LogP contribution in [-0.2, 0) is 0 Å². The summed E-state index contributed by atoms with van der Waals surface area (Å²) in [7, 11) is 0. The number of hydrogen-bond donors (Lipinski definition) is 0. The SMILES string of the molecule is Cc1cccc2nc(OC(F)F)oc12. The molecule has 0 saturated carbocycles. The van der Waals surface area contributed by atoms with Gasteiger partial charge in [0.15, 0.2) is 5.58 Å². The molecular weight excluding hydrogens is 192 g/mol. The predicted molar refractivity (Wildman–Crippen MR) is 45.4 cm³/mol. The zero-order chi connectivity index (χ0) is 10.1. The molecule has 1 aromatic carbocycles. The Labute approximate surface area is 78.3 Å². The Morgan fingerprint density at radius 2 is 2.21 bits per heavy atom. The summed E-state index contributed by atoms with van der Waals surface area (Å²) in [4.78, 5) is 3.74. The number of benzene rings is 1. The molecule has 1 heterocycles. The quantitative estimate of drug-likeness (QED) is 0.745. The Hall–Kier alpha value is -1.65. The molecule has 2 aromatic rings. The van der Waals surface area contributed by atoms with Gasteiger partial charge in [-0.15, -0.1) is 0 Å². The van der Waals surface area contributed by atoms with Gasteiger partial charge in [-0.3, -0.25) is 0 Å². The average molecular weight is 199 g/mol. The molecule has 0 aliphatic carbocycles. The fourth-order valence-electron chi connectivity index (χ4n) is 1.19. The summed E-state index contributed by atoms with van der Waals surface area (Å²) in [5.74, 6) is 0. The van der Waals surface area contributed by atoms with Crippen LogP contribution in [0.15, 0.2) is 22.6 Å². The third-order valence-corrected chi connectivity index (χ3v) is 1.78. The lowest BCUT2D eigenvalue weighted by Crippen LogP contribution is -2.01. The van der Waals surface area contributed by atoms with E-state index < -0.39 is 12.7 Å². The van der Waals surface area contributed by atoms with E-state index in [4.69, 9.17) is 4.42 Å². The maximum absolute atomic E-state index is 11.8. The Morgan fingerprint density at radius 1 is 1.43 bits per heavy atom. The van der Waals surface area contributed by atoms with Crippen LogP contribution in [0, 0.1) is 6.92 Å². The maximum Gasteiger partial charge on any atom is 0.399 e. The fourth-order valence-corrected chi connectivity index (χ4v) is 1.19. The summed E-state index contributed by atoms with van der Waals surface area (Å²) in [6.45, 7) is -1.11. The molecule has 0 fully saturated rings. The number of para-hydroxylation sites is 1. The van der Waals surface area contributed by atoms with E-state index in [-0.39, 0.29) is 0 Å². The molecule has 0 saturated heterocycles. The number of hydrogen-bond acceptors (Lipinski definition) is 3. The number of ether oxygens (including phenoxy) is 1. The second-order valence-corrected chi connectivity index (χ2v) is 2.78. The first-order valence-corrected chi connectivity index (χ1v) is 3.98. The molecule has 2 rings (SSSR count). The molecule has 3 nitrogen and oxygen atoms in total. The van der Waals surface area contributed by atoms with Crippen molar-refractivity contribution >= 4 is 11.1 Å². The zero-order valence-corrected chi connectivity index (χ0v) is 7.33. The molecular formula is C9H7F2NO2. The van der Waals surface area contributed by atoms with Crippen LogP contribution >= 0.6 is 0 Å². The molecule has 0 amide bonds. The van der Waals surface area contributed by atoms with Gasteiger partial charge in [-0.05, 0) is 18.6 Å². The van der Waals surface area contributed by atoms with Crippen molar-refractivity contribution in [2.75, 3.05) is 0 Å². The van der Waals surface area contributed by atoms with Gasteiger partial charge in [-0.1, -0.05) is 12.1 Å². The number of oxazole rings is 1. The van der Waals surface area contributed by atoms with Crippen molar-refractivity contribution < 1.29 is 17.9 Å². The average Bonchev–Trinajstić information content (AvgIpc) is 2.47. The van der Waals surface area contributed by atoms with Gasteiger partial charge in [0.05, 0.1) is 0 Å². The van der Waals surface area contributed by atoms with Gasteiger partial charge in [0.25, 0.3) is 0 Å². The normalized spacial score (nSPS) is 11.1. The summed E-state index contributed by atoms with van der Waals surface area (Å²) in [5.41, 5.74) is 1.82. The number of halogens is 2. The Morgan fingerprint density at radius 3 is 2.86 bits per heavy atom. The van der Waals surface area contributed by atoms with E-state index in [1.165, 1.54) is 0 Å². The topological polar surface area (TPSA) is 35.3 Å². The minimum atomic E-state index is -2.91. The summed E-state index contributed by atoms with van der Waals surface area (Å²) in [6, 6.07) is 5.25. The van der Waals surface area contributed by atoms with Gasteiger partial charge < -0.3 is 9.15 Å². The third kappa shape index (κ3) is 1.53. The van der Waals surface area contributed by atoms with E-state index in [2.05, 4.69) is 9.72 Å². The van der Waals surface area contributed by atoms with Gasteiger partial charge in [-0.2, -0.15) is 13.8 Å². The second kappa shape index (κ2) is 3.25. The molecule has 0 aliphatic heterocycles. The van der Waals surface area contributed by atoms with Crippen LogP contribution in [0.25, 0.3) is 11.1 Å². The molecule has 5 heteroatoms. The second-order valence-electron chi connectivity index (χ2n) is 2.78. The first kappa shape index (κ1) is 8.93. The lowest BCUT2D eigenvalue weighted by molar-refractivity contribution is -0.0664. The van der Waals surface area contributed by atoms with Crippen molar-refractivity contribution in [1.82, 2.24) is 4.98 Å². The summed E-state index contributed by atoms with van der Waals surface area (Å²) in [6.07, 6.45) is -0.399. The highest BCUT2D eigenvalue weighted by atomic mass is 19.3. The van der Waals surface area contributed by atoms with E-state index in [0.29, 0.717) is 11.1 Å². The Kier molecular flexibility index (Phi) is 2.07. The van der Waals surface area contributed by atoms with E-state index in [9.17, 15) is 8.78 Å². The summed E-state index contributed by atoms with van der Waals surface area (Å²) in [5, 5.41) is 0. The van der Waals surface area contributed by atoms with Crippen LogP contribution in [0.3, 0.4) is 0 Å². The first-order valence-electron chi connectivity index (χ1n) is 3.98. The van der Waals surface area contributed by atoms with Crippen molar-refractivity contribution in [3.63, 3.8) is 0 Å². The largest absolute Gasteiger partial charge is 0.409 e. The van der Waals surface area contributed by atoms with Crippen molar-refractivity contribution in [2.24, 2.45) is 0 Å². The maximum atomic E-state index is 11.8. The van der Waals surface area contributed by atoms with Crippen LogP contribution in [0.5, 0.6) is 6.08 Å². The van der Waals surface area contributed by atoms with E-state index in [1.807, 2.05) is 0 Å². The van der Waals surface area contributed by atoms with Crippen LogP contribution in [-0.4, -0.2) is 11.6 Å². The van der Waals surface area contributed by atoms with Crippen molar-refractivity contribution in [3.8, 4) is 6.08 Å². The van der Waals surface area contributed by atoms with Crippen molar-refractivity contribution in [3.05, 3.63) is 23.8 Å². The van der Waals surface area contributed by atoms with Crippen molar-refractivity contribution in [1.29, 1.82) is 0 Å². The molecule has 0 radical (unpaired) electrons. The smallest absolute Gasteiger partial charge is 0.399 e. The highest BCUT2D eigenvalue weighted by Crippen LogP contribution is 2.24. The molecule has 0 bridgehead atoms. The molecule has 0 atom stereocenters. The number of fused-ring (bicyclic) bond motifs is 1. The van der Waals surface area contributed by atoms with Gasteiger partial charge in [0, 0.05) is 0 Å². The van der Waals surface area contributed by atoms with Gasteiger partial charge in [-0.25, -0.2) is 0 Å². The van der Waals surface area contributed by atoms with Gasteiger partial charge >= 0.3 is 12.7 Å². The molecule has 0 spiro atoms. The number of alkyl halides is 2. The molecule has 0 unspecified atom stereocenters. The van der Waals surface area contributed by atoms with Crippen LogP contribution in [0.4, 0.5) is 8.78 Å². The standard InChI is InChI=1S/C9H7F2NO2/c1-5-3-2-4-6-7(5)13-9(12-6)14-8(10)11/h2-4,8H,1H3. The molecule has 0 aliphatic rings. The summed E-state index contributed by atoms with van der Waals surface area (Å²) < 4.78 is 32.7. The molecule has 0 N–H and O–H groups in total. The number of nitrogens with zero attached hydrogens (tertiary/aromatic N) is 1.